The van der Waals surface area contributed by atoms with Gasteiger partial charge >= 0.3 is 5.97 Å². The van der Waals surface area contributed by atoms with Gasteiger partial charge in [-0.25, -0.2) is 0 Å². The molecule has 3 unspecified atom stereocenters. The summed E-state index contributed by atoms with van der Waals surface area (Å²) in [4.78, 5) is 11.8. The Balaban J connectivity index is 2.23. The van der Waals surface area contributed by atoms with E-state index in [2.05, 4.69) is 0 Å². The monoisotopic (exact) mass is 197 g/mol. The molecule has 2 N–H and O–H groups in total. The molecular weight excluding hydrogens is 178 g/mol. The van der Waals surface area contributed by atoms with E-state index >= 15 is 0 Å². The third-order valence-electron chi connectivity index (χ3n) is 4.01. The van der Waals surface area contributed by atoms with Crippen LogP contribution in [-0.4, -0.2) is 19.1 Å². The van der Waals surface area contributed by atoms with E-state index in [-0.39, 0.29) is 17.4 Å². The average Bonchev–Trinajstić information content (AvgIpc) is 2.53. The molecule has 0 amide bonds. The van der Waals surface area contributed by atoms with Crippen LogP contribution in [0.4, 0.5) is 0 Å². The van der Waals surface area contributed by atoms with Crippen molar-refractivity contribution in [1.29, 1.82) is 0 Å². The maximum atomic E-state index is 11.8. The summed E-state index contributed by atoms with van der Waals surface area (Å²) in [5.74, 6) is 0.467. The summed E-state index contributed by atoms with van der Waals surface area (Å²) in [5.41, 5.74) is 5.75. The van der Waals surface area contributed by atoms with Crippen molar-refractivity contribution in [1.82, 2.24) is 0 Å². The molecule has 0 radical (unpaired) electrons. The first kappa shape index (κ1) is 9.97. The molecule has 0 aromatic rings. The predicted octanol–water partition coefficient (Wildman–Crippen LogP) is 1.46. The number of carbonyl (C=O) groups excluding carboxylic acids is 1. The van der Waals surface area contributed by atoms with Crippen LogP contribution in [-0.2, 0) is 9.53 Å². The van der Waals surface area contributed by atoms with Gasteiger partial charge in [0.25, 0.3) is 0 Å². The van der Waals surface area contributed by atoms with Crippen molar-refractivity contribution >= 4 is 5.97 Å². The first-order chi connectivity index (χ1) is 6.69. The molecule has 2 aliphatic rings. The Labute approximate surface area is 85.0 Å². The van der Waals surface area contributed by atoms with Crippen molar-refractivity contribution in [3.63, 3.8) is 0 Å². The highest BCUT2D eigenvalue weighted by Crippen LogP contribution is 2.52. The lowest BCUT2D eigenvalue weighted by Crippen LogP contribution is -2.38. The zero-order valence-electron chi connectivity index (χ0n) is 8.79. The molecule has 2 aliphatic carbocycles. The van der Waals surface area contributed by atoms with Gasteiger partial charge in [0.15, 0.2) is 0 Å². The lowest BCUT2D eigenvalue weighted by molar-refractivity contribution is -0.157. The number of nitrogens with two attached hydrogens (primary N) is 1. The van der Waals surface area contributed by atoms with Crippen LogP contribution in [0.15, 0.2) is 0 Å². The molecule has 80 valence electrons. The summed E-state index contributed by atoms with van der Waals surface area (Å²) in [6.45, 7) is 0. The molecule has 0 aliphatic heterocycles. The molecule has 3 heteroatoms. The molecule has 2 rings (SSSR count). The van der Waals surface area contributed by atoms with Crippen molar-refractivity contribution in [2.75, 3.05) is 7.11 Å². The van der Waals surface area contributed by atoms with E-state index in [1.807, 2.05) is 0 Å². The Bertz CT molecular complexity index is 241. The normalized spacial score (nSPS) is 41.9. The van der Waals surface area contributed by atoms with Crippen LogP contribution in [0.25, 0.3) is 0 Å². The van der Waals surface area contributed by atoms with Crippen LogP contribution in [0.2, 0.25) is 0 Å². The van der Waals surface area contributed by atoms with Crippen LogP contribution in [0.5, 0.6) is 0 Å². The van der Waals surface area contributed by atoms with Crippen LogP contribution in [0, 0.1) is 11.3 Å². The average molecular weight is 197 g/mol. The molecule has 0 saturated heterocycles. The summed E-state index contributed by atoms with van der Waals surface area (Å²) < 4.78 is 4.95. The highest BCUT2D eigenvalue weighted by molar-refractivity contribution is 5.78. The van der Waals surface area contributed by atoms with Crippen molar-refractivity contribution < 1.29 is 9.53 Å². The zero-order valence-corrected chi connectivity index (χ0v) is 8.79. The van der Waals surface area contributed by atoms with Crippen LogP contribution < -0.4 is 5.73 Å². The first-order valence-electron chi connectivity index (χ1n) is 5.53. The molecule has 0 aromatic heterocycles. The Hall–Kier alpha value is -0.570. The Morgan fingerprint density at radius 3 is 3.00 bits per heavy atom. The van der Waals surface area contributed by atoms with E-state index in [4.69, 9.17) is 10.5 Å². The van der Waals surface area contributed by atoms with E-state index in [9.17, 15) is 4.79 Å². The molecule has 0 heterocycles. The molecule has 14 heavy (non-hydrogen) atoms. The molecule has 2 saturated carbocycles. The fourth-order valence-corrected chi connectivity index (χ4v) is 3.40. The number of carbonyl (C=O) groups is 1. The highest BCUT2D eigenvalue weighted by atomic mass is 16.5. The minimum atomic E-state index is -0.216. The van der Waals surface area contributed by atoms with Gasteiger partial charge in [0.2, 0.25) is 0 Å². The van der Waals surface area contributed by atoms with Gasteiger partial charge in [-0.1, -0.05) is 12.8 Å². The second-order valence-corrected chi connectivity index (χ2v) is 4.79. The maximum Gasteiger partial charge on any atom is 0.312 e. The topological polar surface area (TPSA) is 52.3 Å². The second kappa shape index (κ2) is 3.54. The van der Waals surface area contributed by atoms with E-state index in [1.54, 1.807) is 0 Å². The van der Waals surface area contributed by atoms with E-state index in [0.717, 1.165) is 32.1 Å². The molecule has 0 aromatic carbocycles. The van der Waals surface area contributed by atoms with E-state index in [1.165, 1.54) is 13.5 Å². The minimum absolute atomic E-state index is 0.0184. The molecule has 3 nitrogen and oxygen atoms in total. The van der Waals surface area contributed by atoms with Crippen LogP contribution in [0.1, 0.15) is 38.5 Å². The van der Waals surface area contributed by atoms with Crippen LogP contribution >= 0.6 is 0 Å². The smallest absolute Gasteiger partial charge is 0.312 e. The molecule has 0 spiro atoms. The summed E-state index contributed by atoms with van der Waals surface area (Å²) in [6.07, 6.45) is 6.38. The second-order valence-electron chi connectivity index (χ2n) is 4.79. The zero-order chi connectivity index (χ0) is 10.2. The fourth-order valence-electron chi connectivity index (χ4n) is 3.40. The Morgan fingerprint density at radius 2 is 2.29 bits per heavy atom. The standard InChI is InChI=1S/C11H19NO2/c1-14-10(13)11-5-3-2-4-8(11)6-9(12)7-11/h8-9H,2-7,12H2,1H3. The highest BCUT2D eigenvalue weighted by Gasteiger charge is 2.53. The SMILES string of the molecule is COC(=O)C12CCCCC1CC(N)C2. The minimum Gasteiger partial charge on any atom is -0.469 e. The van der Waals surface area contributed by atoms with Crippen LogP contribution in [0.3, 0.4) is 0 Å². The van der Waals surface area contributed by atoms with E-state index < -0.39 is 0 Å². The third-order valence-corrected chi connectivity index (χ3v) is 4.01. The number of methoxy groups -OCH3 is 1. The number of fused-ring (bicyclic) bond motifs is 1. The van der Waals surface area contributed by atoms with Crippen molar-refractivity contribution in [3.05, 3.63) is 0 Å². The molecule has 3 atom stereocenters. The number of hydrogen-bond donors (Lipinski definition) is 1. The van der Waals surface area contributed by atoms with Gasteiger partial charge in [0.05, 0.1) is 12.5 Å². The van der Waals surface area contributed by atoms with Crippen molar-refractivity contribution in [2.45, 2.75) is 44.6 Å². The first-order valence-corrected chi connectivity index (χ1v) is 5.53. The number of hydrogen-bond acceptors (Lipinski definition) is 3. The number of rotatable bonds is 1. The van der Waals surface area contributed by atoms with Crippen molar-refractivity contribution in [3.8, 4) is 0 Å². The Kier molecular flexibility index (Phi) is 2.52. The quantitative estimate of drug-likeness (QED) is 0.647. The molecule has 2 fully saturated rings. The van der Waals surface area contributed by atoms with E-state index in [0.29, 0.717) is 5.92 Å². The number of ether oxygens (including phenoxy) is 1. The van der Waals surface area contributed by atoms with Gasteiger partial charge < -0.3 is 10.5 Å². The fraction of sp³-hybridized carbons (Fsp3) is 0.909. The molecule has 0 bridgehead atoms. The van der Waals surface area contributed by atoms with Gasteiger partial charge in [-0.2, -0.15) is 0 Å². The summed E-state index contributed by atoms with van der Waals surface area (Å²) in [5, 5.41) is 0. The third kappa shape index (κ3) is 1.34. The number of esters is 1. The Morgan fingerprint density at radius 1 is 1.50 bits per heavy atom. The summed E-state index contributed by atoms with van der Waals surface area (Å²) >= 11 is 0. The lowest BCUT2D eigenvalue weighted by Gasteiger charge is -2.36. The summed E-state index contributed by atoms with van der Waals surface area (Å²) in [6, 6.07) is 0.206. The maximum absolute atomic E-state index is 11.8. The molecular formula is C11H19NO2. The van der Waals surface area contributed by atoms with Gasteiger partial charge in [-0.3, -0.25) is 4.79 Å². The summed E-state index contributed by atoms with van der Waals surface area (Å²) in [7, 11) is 1.49. The van der Waals surface area contributed by atoms with Gasteiger partial charge in [-0.05, 0) is 31.6 Å². The van der Waals surface area contributed by atoms with Gasteiger partial charge in [-0.15, -0.1) is 0 Å². The largest absolute Gasteiger partial charge is 0.469 e. The predicted molar refractivity (Wildman–Crippen MR) is 53.6 cm³/mol. The van der Waals surface area contributed by atoms with Gasteiger partial charge in [0.1, 0.15) is 0 Å². The van der Waals surface area contributed by atoms with Gasteiger partial charge in [0, 0.05) is 6.04 Å². The van der Waals surface area contributed by atoms with Crippen molar-refractivity contribution in [2.24, 2.45) is 17.1 Å². The lowest BCUT2D eigenvalue weighted by atomic mass is 9.68.